The molecule has 1 N–H and O–H groups in total. The Morgan fingerprint density at radius 3 is 2.24 bits per heavy atom. The fourth-order valence-electron chi connectivity index (χ4n) is 3.71. The predicted octanol–water partition coefficient (Wildman–Crippen LogP) is 2.59. The van der Waals surface area contributed by atoms with Crippen molar-refractivity contribution in [3.63, 3.8) is 0 Å². The van der Waals surface area contributed by atoms with E-state index in [-0.39, 0.29) is 11.6 Å². The van der Waals surface area contributed by atoms with Crippen LogP contribution >= 0.6 is 0 Å². The Morgan fingerprint density at radius 2 is 1.86 bits per heavy atom. The predicted molar refractivity (Wildman–Crippen MR) is 87.8 cm³/mol. The minimum Gasteiger partial charge on any atom is -0.493 e. The van der Waals surface area contributed by atoms with E-state index in [1.54, 1.807) is 13.3 Å². The number of ether oxygens (including phenoxy) is 1. The minimum absolute atomic E-state index is 0.0549. The number of likely N-dealkylation sites (N-methyl/N-ethyl adjacent to an activating group) is 2. The van der Waals surface area contributed by atoms with E-state index in [9.17, 15) is 0 Å². The number of aromatic nitrogens is 2. The van der Waals surface area contributed by atoms with Gasteiger partial charge in [-0.1, -0.05) is 27.7 Å². The van der Waals surface area contributed by atoms with Gasteiger partial charge in [-0.25, -0.2) is 0 Å². The molecule has 0 aliphatic heterocycles. The van der Waals surface area contributed by atoms with Crippen LogP contribution in [-0.2, 0) is 7.05 Å². The third-order valence-electron chi connectivity index (χ3n) is 4.89. The zero-order chi connectivity index (χ0) is 16.0. The molecule has 1 unspecified atom stereocenters. The number of hydrogen-bond acceptors (Lipinski definition) is 4. The van der Waals surface area contributed by atoms with Gasteiger partial charge >= 0.3 is 0 Å². The van der Waals surface area contributed by atoms with Gasteiger partial charge in [0.15, 0.2) is 5.75 Å². The van der Waals surface area contributed by atoms with E-state index in [1.165, 1.54) is 0 Å². The van der Waals surface area contributed by atoms with Crippen molar-refractivity contribution in [1.82, 2.24) is 20.0 Å². The molecule has 0 saturated heterocycles. The topological polar surface area (TPSA) is 42.3 Å². The summed E-state index contributed by atoms with van der Waals surface area (Å²) in [7, 11) is 5.73. The van der Waals surface area contributed by atoms with Gasteiger partial charge in [-0.05, 0) is 33.0 Å². The summed E-state index contributed by atoms with van der Waals surface area (Å²) >= 11 is 0. The summed E-state index contributed by atoms with van der Waals surface area (Å²) in [5.41, 5.74) is 1.18. The van der Waals surface area contributed by atoms with E-state index in [0.717, 1.165) is 37.4 Å². The Kier molecular flexibility index (Phi) is 6.68. The molecule has 0 saturated carbocycles. The molecule has 0 fully saturated rings. The average Bonchev–Trinajstić information content (AvgIpc) is 2.88. The van der Waals surface area contributed by atoms with Crippen molar-refractivity contribution in [2.75, 3.05) is 27.2 Å². The van der Waals surface area contributed by atoms with Crippen molar-refractivity contribution in [2.24, 2.45) is 7.05 Å². The van der Waals surface area contributed by atoms with E-state index in [0.29, 0.717) is 0 Å². The summed E-state index contributed by atoms with van der Waals surface area (Å²) < 4.78 is 7.47. The lowest BCUT2D eigenvalue weighted by Crippen LogP contribution is -2.56. The highest BCUT2D eigenvalue weighted by Crippen LogP contribution is 2.40. The van der Waals surface area contributed by atoms with Gasteiger partial charge in [-0.2, -0.15) is 5.10 Å². The molecule has 5 heteroatoms. The van der Waals surface area contributed by atoms with E-state index in [1.807, 2.05) is 18.8 Å². The maximum Gasteiger partial charge on any atom is 0.161 e. The Hall–Kier alpha value is -1.07. The van der Waals surface area contributed by atoms with Gasteiger partial charge in [0.25, 0.3) is 0 Å². The quantitative estimate of drug-likeness (QED) is 0.760. The molecule has 1 heterocycles. The van der Waals surface area contributed by atoms with Crippen molar-refractivity contribution >= 4 is 0 Å². The highest BCUT2D eigenvalue weighted by Gasteiger charge is 2.42. The molecule has 1 aromatic rings. The lowest BCUT2D eigenvalue weighted by atomic mass is 9.80. The highest BCUT2D eigenvalue weighted by molar-refractivity contribution is 5.31. The Balaban J connectivity index is 3.40. The number of aryl methyl sites for hydroxylation is 1. The van der Waals surface area contributed by atoms with Gasteiger partial charge in [-0.15, -0.1) is 0 Å². The molecule has 1 aromatic heterocycles. The van der Waals surface area contributed by atoms with Crippen LogP contribution in [-0.4, -0.2) is 47.5 Å². The molecule has 0 spiro atoms. The second-order valence-electron chi connectivity index (χ2n) is 5.43. The number of nitrogens with zero attached hydrogens (tertiary/aromatic N) is 3. The second kappa shape index (κ2) is 7.80. The zero-order valence-electron chi connectivity index (χ0n) is 14.7. The molecule has 0 aliphatic carbocycles. The minimum atomic E-state index is 0.0549. The Morgan fingerprint density at radius 1 is 1.29 bits per heavy atom. The molecule has 0 aromatic carbocycles. The van der Waals surface area contributed by atoms with Gasteiger partial charge < -0.3 is 10.1 Å². The first-order chi connectivity index (χ1) is 10.1. The normalized spacial score (nSPS) is 13.7. The summed E-state index contributed by atoms with van der Waals surface area (Å²) in [5.74, 6) is 0.857. The van der Waals surface area contributed by atoms with Gasteiger partial charge in [0.1, 0.15) is 0 Å². The fourth-order valence-corrected chi connectivity index (χ4v) is 3.71. The van der Waals surface area contributed by atoms with Crippen LogP contribution in [0.25, 0.3) is 0 Å². The lowest BCUT2D eigenvalue weighted by molar-refractivity contribution is 0.0478. The Bertz CT molecular complexity index is 422. The summed E-state index contributed by atoms with van der Waals surface area (Å²) in [6.07, 6.45) is 3.95. The van der Waals surface area contributed by atoms with Crippen LogP contribution in [0.4, 0.5) is 0 Å². The molecule has 0 bridgehead atoms. The third-order valence-corrected chi connectivity index (χ3v) is 4.89. The molecular formula is C16H32N4O. The van der Waals surface area contributed by atoms with E-state index < -0.39 is 0 Å². The number of hydrogen-bond donors (Lipinski definition) is 1. The summed E-state index contributed by atoms with van der Waals surface area (Å²) in [5, 5.41) is 7.91. The largest absolute Gasteiger partial charge is 0.493 e. The van der Waals surface area contributed by atoms with Gasteiger partial charge in [0.2, 0.25) is 0 Å². The van der Waals surface area contributed by atoms with Crippen molar-refractivity contribution in [1.29, 1.82) is 0 Å². The molecular weight excluding hydrogens is 264 g/mol. The average molecular weight is 296 g/mol. The third kappa shape index (κ3) is 3.09. The van der Waals surface area contributed by atoms with Crippen molar-refractivity contribution in [2.45, 2.75) is 52.1 Å². The van der Waals surface area contributed by atoms with Crippen LogP contribution in [0.2, 0.25) is 0 Å². The monoisotopic (exact) mass is 296 g/mol. The summed E-state index contributed by atoms with van der Waals surface area (Å²) in [6, 6.07) is 0.176. The van der Waals surface area contributed by atoms with Crippen LogP contribution in [0.1, 0.15) is 52.3 Å². The smallest absolute Gasteiger partial charge is 0.161 e. The van der Waals surface area contributed by atoms with E-state index in [4.69, 9.17) is 4.74 Å². The summed E-state index contributed by atoms with van der Waals surface area (Å²) in [6.45, 7) is 11.1. The van der Waals surface area contributed by atoms with Crippen LogP contribution in [0.5, 0.6) is 5.75 Å². The van der Waals surface area contributed by atoms with Crippen LogP contribution in [0.15, 0.2) is 6.20 Å². The van der Waals surface area contributed by atoms with Gasteiger partial charge in [-0.3, -0.25) is 9.58 Å². The van der Waals surface area contributed by atoms with Gasteiger partial charge in [0.05, 0.1) is 25.0 Å². The number of rotatable bonds is 9. The first-order valence-corrected chi connectivity index (χ1v) is 8.04. The summed E-state index contributed by atoms with van der Waals surface area (Å²) in [4.78, 5) is 2.56. The van der Waals surface area contributed by atoms with Crippen molar-refractivity contribution in [3.05, 3.63) is 11.9 Å². The molecule has 122 valence electrons. The zero-order valence-corrected chi connectivity index (χ0v) is 14.7. The fraction of sp³-hybridized carbons (Fsp3) is 0.812. The van der Waals surface area contributed by atoms with Crippen LogP contribution in [0, 0.1) is 0 Å². The molecule has 0 aliphatic rings. The molecule has 0 amide bonds. The second-order valence-corrected chi connectivity index (χ2v) is 5.43. The van der Waals surface area contributed by atoms with Crippen LogP contribution in [0.3, 0.4) is 0 Å². The highest BCUT2D eigenvalue weighted by atomic mass is 16.5. The van der Waals surface area contributed by atoms with E-state index in [2.05, 4.69) is 43.0 Å². The van der Waals surface area contributed by atoms with Crippen molar-refractivity contribution < 1.29 is 4.74 Å². The SMILES string of the molecule is CCN(CC)C(CC)(CC)C(NC)c1c(OC)cnn1C. The number of methoxy groups -OCH3 is 1. The number of nitrogens with one attached hydrogen (secondary N) is 1. The van der Waals surface area contributed by atoms with E-state index >= 15 is 0 Å². The molecule has 5 nitrogen and oxygen atoms in total. The maximum absolute atomic E-state index is 5.54. The standard InChI is InChI=1S/C16H32N4O/c1-8-16(9-2,20(10-3)11-4)15(17-5)14-13(21-7)12-18-19(14)6/h12,15,17H,8-11H2,1-7H3. The van der Waals surface area contributed by atoms with Gasteiger partial charge in [0, 0.05) is 12.6 Å². The molecule has 0 radical (unpaired) electrons. The molecule has 1 rings (SSSR count). The first kappa shape index (κ1) is 18.0. The lowest BCUT2D eigenvalue weighted by Gasteiger charge is -2.47. The van der Waals surface area contributed by atoms with Crippen LogP contribution < -0.4 is 10.1 Å². The molecule has 1 atom stereocenters. The molecule has 21 heavy (non-hydrogen) atoms. The first-order valence-electron chi connectivity index (χ1n) is 8.04. The van der Waals surface area contributed by atoms with Crippen molar-refractivity contribution in [3.8, 4) is 5.75 Å². The Labute approximate surface area is 129 Å². The maximum atomic E-state index is 5.54.